The second-order valence-corrected chi connectivity index (χ2v) is 6.79. The van der Waals surface area contributed by atoms with Gasteiger partial charge >= 0.3 is 0 Å². The Morgan fingerprint density at radius 2 is 1.63 bits per heavy atom. The highest BCUT2D eigenvalue weighted by atomic mass is 16.3. The van der Waals surface area contributed by atoms with Gasteiger partial charge in [0.1, 0.15) is 0 Å². The summed E-state index contributed by atoms with van der Waals surface area (Å²) in [6.45, 7) is 5.91. The molecule has 1 saturated carbocycles. The second-order valence-electron chi connectivity index (χ2n) is 6.79. The number of aliphatic hydroxyl groups excluding tert-OH is 1. The van der Waals surface area contributed by atoms with Crippen LogP contribution in [0.2, 0.25) is 0 Å². The average Bonchev–Trinajstić information content (AvgIpc) is 2.39. The third-order valence-electron chi connectivity index (χ3n) is 4.57. The summed E-state index contributed by atoms with van der Waals surface area (Å²) in [4.78, 5) is 2.49. The minimum absolute atomic E-state index is 0.133. The van der Waals surface area contributed by atoms with Crippen LogP contribution in [0.15, 0.2) is 24.3 Å². The van der Waals surface area contributed by atoms with E-state index in [2.05, 4.69) is 37.9 Å². The van der Waals surface area contributed by atoms with Gasteiger partial charge in [0.25, 0.3) is 0 Å². The lowest BCUT2D eigenvalue weighted by Gasteiger charge is -2.38. The largest absolute Gasteiger partial charge is 0.392 e. The first-order valence-electron chi connectivity index (χ1n) is 7.39. The number of rotatable bonds is 4. The Morgan fingerprint density at radius 1 is 1.11 bits per heavy atom. The molecule has 0 atom stereocenters. The molecular formula is C17H27NO. The van der Waals surface area contributed by atoms with Crippen molar-refractivity contribution < 1.29 is 5.11 Å². The monoisotopic (exact) mass is 261 g/mol. The normalized spacial score (nSPS) is 19.8. The van der Waals surface area contributed by atoms with Crippen molar-refractivity contribution in [3.05, 3.63) is 35.4 Å². The van der Waals surface area contributed by atoms with E-state index in [0.717, 1.165) is 18.2 Å². The molecule has 0 aromatic heterocycles. The lowest BCUT2D eigenvalue weighted by Crippen LogP contribution is -2.36. The van der Waals surface area contributed by atoms with Crippen LogP contribution in [0.3, 0.4) is 0 Å². The number of nitrogens with zero attached hydrogens (tertiary/aromatic N) is 1. The Kier molecular flexibility index (Phi) is 4.64. The first kappa shape index (κ1) is 14.5. The molecule has 0 bridgehead atoms. The third-order valence-corrected chi connectivity index (χ3v) is 4.57. The minimum atomic E-state index is 0.133. The number of hydrogen-bond acceptors (Lipinski definition) is 2. The summed E-state index contributed by atoms with van der Waals surface area (Å²) < 4.78 is 0. The van der Waals surface area contributed by atoms with Gasteiger partial charge in [-0.3, -0.25) is 4.90 Å². The van der Waals surface area contributed by atoms with E-state index in [1.54, 1.807) is 0 Å². The molecule has 1 aliphatic carbocycles. The highest BCUT2D eigenvalue weighted by molar-refractivity contribution is 5.21. The van der Waals surface area contributed by atoms with Crippen molar-refractivity contribution in [1.29, 1.82) is 0 Å². The van der Waals surface area contributed by atoms with E-state index in [-0.39, 0.29) is 6.61 Å². The van der Waals surface area contributed by atoms with Crippen molar-refractivity contribution in [3.8, 4) is 0 Å². The molecule has 1 aromatic rings. The van der Waals surface area contributed by atoms with Crippen molar-refractivity contribution >= 4 is 0 Å². The van der Waals surface area contributed by atoms with Crippen LogP contribution in [-0.4, -0.2) is 23.1 Å². The Balaban J connectivity index is 1.88. The Morgan fingerprint density at radius 3 is 2.16 bits per heavy atom. The SMILES string of the molecule is CN(Cc1ccc(CO)cc1)C1CCC(C)(C)CC1. The summed E-state index contributed by atoms with van der Waals surface area (Å²) >= 11 is 0. The van der Waals surface area contributed by atoms with Crippen LogP contribution >= 0.6 is 0 Å². The first-order chi connectivity index (χ1) is 9.00. The van der Waals surface area contributed by atoms with Gasteiger partial charge in [0.2, 0.25) is 0 Å². The summed E-state index contributed by atoms with van der Waals surface area (Å²) in [5, 5.41) is 9.05. The molecule has 106 valence electrons. The summed E-state index contributed by atoms with van der Waals surface area (Å²) in [5.74, 6) is 0. The Bertz CT molecular complexity index is 386. The molecule has 1 fully saturated rings. The van der Waals surface area contributed by atoms with Crippen LogP contribution in [0.4, 0.5) is 0 Å². The van der Waals surface area contributed by atoms with Crippen LogP contribution in [0, 0.1) is 5.41 Å². The van der Waals surface area contributed by atoms with Crippen LogP contribution < -0.4 is 0 Å². The topological polar surface area (TPSA) is 23.5 Å². The van der Waals surface area contributed by atoms with Gasteiger partial charge in [0.15, 0.2) is 0 Å². The van der Waals surface area contributed by atoms with E-state index in [1.807, 2.05) is 12.1 Å². The molecule has 2 heteroatoms. The molecule has 0 spiro atoms. The molecule has 0 saturated heterocycles. The smallest absolute Gasteiger partial charge is 0.0681 e. The zero-order chi connectivity index (χ0) is 13.9. The molecule has 0 heterocycles. The summed E-state index contributed by atoms with van der Waals surface area (Å²) in [7, 11) is 2.24. The van der Waals surface area contributed by atoms with Gasteiger partial charge in [-0.05, 0) is 49.3 Å². The quantitative estimate of drug-likeness (QED) is 0.895. The van der Waals surface area contributed by atoms with E-state index in [9.17, 15) is 0 Å². The zero-order valence-corrected chi connectivity index (χ0v) is 12.5. The van der Waals surface area contributed by atoms with Crippen LogP contribution in [0.5, 0.6) is 0 Å². The predicted molar refractivity (Wildman–Crippen MR) is 79.9 cm³/mol. The number of benzene rings is 1. The van der Waals surface area contributed by atoms with Gasteiger partial charge in [-0.25, -0.2) is 0 Å². The number of aliphatic hydroxyl groups is 1. The van der Waals surface area contributed by atoms with Crippen molar-refractivity contribution in [2.24, 2.45) is 5.41 Å². The molecule has 0 aliphatic heterocycles. The van der Waals surface area contributed by atoms with Crippen LogP contribution in [0.25, 0.3) is 0 Å². The molecule has 19 heavy (non-hydrogen) atoms. The van der Waals surface area contributed by atoms with Crippen molar-refractivity contribution in [3.63, 3.8) is 0 Å². The van der Waals surface area contributed by atoms with E-state index in [1.165, 1.54) is 31.2 Å². The molecule has 0 unspecified atom stereocenters. The number of hydrogen-bond donors (Lipinski definition) is 1. The molecule has 2 nitrogen and oxygen atoms in total. The van der Waals surface area contributed by atoms with E-state index in [4.69, 9.17) is 5.11 Å². The molecule has 1 aliphatic rings. The highest BCUT2D eigenvalue weighted by Crippen LogP contribution is 2.36. The second kappa shape index (κ2) is 6.06. The molecule has 2 rings (SSSR count). The fourth-order valence-corrected chi connectivity index (χ4v) is 2.99. The minimum Gasteiger partial charge on any atom is -0.392 e. The first-order valence-corrected chi connectivity index (χ1v) is 7.39. The fourth-order valence-electron chi connectivity index (χ4n) is 2.99. The fraction of sp³-hybridized carbons (Fsp3) is 0.647. The van der Waals surface area contributed by atoms with Gasteiger partial charge in [0.05, 0.1) is 6.61 Å². The van der Waals surface area contributed by atoms with Gasteiger partial charge in [0, 0.05) is 12.6 Å². The van der Waals surface area contributed by atoms with Gasteiger partial charge < -0.3 is 5.11 Å². The standard InChI is InChI=1S/C17H27NO/c1-17(2)10-8-16(9-11-17)18(3)12-14-4-6-15(13-19)7-5-14/h4-7,16,19H,8-13H2,1-3H3. The molecule has 1 aromatic carbocycles. The average molecular weight is 261 g/mol. The maximum Gasteiger partial charge on any atom is 0.0681 e. The lowest BCUT2D eigenvalue weighted by molar-refractivity contribution is 0.123. The summed E-state index contributed by atoms with van der Waals surface area (Å²) in [5.41, 5.74) is 2.87. The predicted octanol–water partition coefficient (Wildman–Crippen LogP) is 3.58. The van der Waals surface area contributed by atoms with Crippen molar-refractivity contribution in [2.75, 3.05) is 7.05 Å². The van der Waals surface area contributed by atoms with Crippen molar-refractivity contribution in [2.45, 2.75) is 58.7 Å². The van der Waals surface area contributed by atoms with E-state index >= 15 is 0 Å². The Hall–Kier alpha value is -0.860. The van der Waals surface area contributed by atoms with Crippen molar-refractivity contribution in [1.82, 2.24) is 4.90 Å². The van der Waals surface area contributed by atoms with Crippen LogP contribution in [-0.2, 0) is 13.2 Å². The Labute approximate surface area is 117 Å². The van der Waals surface area contributed by atoms with E-state index < -0.39 is 0 Å². The van der Waals surface area contributed by atoms with Gasteiger partial charge in [-0.2, -0.15) is 0 Å². The zero-order valence-electron chi connectivity index (χ0n) is 12.5. The van der Waals surface area contributed by atoms with Crippen LogP contribution in [0.1, 0.15) is 50.7 Å². The summed E-state index contributed by atoms with van der Waals surface area (Å²) in [6.07, 6.45) is 5.31. The maximum absolute atomic E-state index is 9.05. The third kappa shape index (κ3) is 4.05. The van der Waals surface area contributed by atoms with E-state index in [0.29, 0.717) is 5.41 Å². The molecule has 0 amide bonds. The van der Waals surface area contributed by atoms with Gasteiger partial charge in [-0.15, -0.1) is 0 Å². The summed E-state index contributed by atoms with van der Waals surface area (Å²) in [6, 6.07) is 9.04. The highest BCUT2D eigenvalue weighted by Gasteiger charge is 2.28. The lowest BCUT2D eigenvalue weighted by atomic mass is 9.75. The molecule has 0 radical (unpaired) electrons. The maximum atomic E-state index is 9.05. The molecular weight excluding hydrogens is 234 g/mol. The molecule has 1 N–H and O–H groups in total. The van der Waals surface area contributed by atoms with Gasteiger partial charge in [-0.1, -0.05) is 38.1 Å².